The third-order valence-corrected chi connectivity index (χ3v) is 5.63. The number of hydrogen-bond acceptors (Lipinski definition) is 3. The first kappa shape index (κ1) is 22.4. The highest BCUT2D eigenvalue weighted by atomic mass is 19.4. The van der Waals surface area contributed by atoms with Crippen molar-refractivity contribution in [3.8, 4) is 11.1 Å². The zero-order chi connectivity index (χ0) is 23.6. The molecule has 0 heterocycles. The number of benzene rings is 3. The average molecular weight is 455 g/mol. The summed E-state index contributed by atoms with van der Waals surface area (Å²) in [6.07, 6.45) is -6.08. The normalized spacial score (nSPS) is 13.7. The number of carbonyl (C=O) groups is 2. The largest absolute Gasteiger partial charge is 0.481 e. The second kappa shape index (κ2) is 8.97. The van der Waals surface area contributed by atoms with E-state index >= 15 is 0 Å². The highest BCUT2D eigenvalue weighted by Gasteiger charge is 2.32. The summed E-state index contributed by atoms with van der Waals surface area (Å²) in [6.45, 7) is 0.00222. The van der Waals surface area contributed by atoms with Gasteiger partial charge in [-0.1, -0.05) is 60.7 Å². The van der Waals surface area contributed by atoms with Gasteiger partial charge >= 0.3 is 18.2 Å². The first-order chi connectivity index (χ1) is 15.7. The summed E-state index contributed by atoms with van der Waals surface area (Å²) < 4.78 is 44.6. The molecule has 5 nitrogen and oxygen atoms in total. The lowest BCUT2D eigenvalue weighted by Crippen LogP contribution is -2.31. The van der Waals surface area contributed by atoms with E-state index < -0.39 is 36.3 Å². The number of hydrogen-bond donors (Lipinski definition) is 2. The maximum atomic E-state index is 13.1. The van der Waals surface area contributed by atoms with Gasteiger partial charge in [0.1, 0.15) is 6.61 Å². The number of rotatable bonds is 6. The second-order valence-electron chi connectivity index (χ2n) is 7.74. The van der Waals surface area contributed by atoms with Crippen molar-refractivity contribution in [2.75, 3.05) is 6.61 Å². The fourth-order valence-corrected chi connectivity index (χ4v) is 4.14. The van der Waals surface area contributed by atoms with Gasteiger partial charge in [0.05, 0.1) is 18.0 Å². The Morgan fingerprint density at radius 1 is 0.939 bits per heavy atom. The minimum Gasteiger partial charge on any atom is -0.481 e. The molecule has 0 radical (unpaired) electrons. The van der Waals surface area contributed by atoms with E-state index in [2.05, 4.69) is 5.32 Å². The molecule has 3 aromatic rings. The summed E-state index contributed by atoms with van der Waals surface area (Å²) in [4.78, 5) is 23.8. The van der Waals surface area contributed by atoms with E-state index in [0.29, 0.717) is 0 Å². The summed E-state index contributed by atoms with van der Waals surface area (Å²) in [7, 11) is 0. The molecule has 0 aliphatic heterocycles. The van der Waals surface area contributed by atoms with Crippen molar-refractivity contribution < 1.29 is 32.6 Å². The molecular weight excluding hydrogens is 435 g/mol. The lowest BCUT2D eigenvalue weighted by atomic mass is 9.98. The van der Waals surface area contributed by atoms with Crippen LogP contribution in [0.25, 0.3) is 11.1 Å². The molecular formula is C25H20F3NO4. The van der Waals surface area contributed by atoms with E-state index in [1.165, 1.54) is 12.1 Å². The molecule has 1 aliphatic carbocycles. The summed E-state index contributed by atoms with van der Waals surface area (Å²) in [5.74, 6) is -1.47. The lowest BCUT2D eigenvalue weighted by molar-refractivity contribution is -0.138. The molecule has 1 amide bonds. The number of carboxylic acids is 1. The van der Waals surface area contributed by atoms with Crippen LogP contribution < -0.4 is 5.32 Å². The number of amides is 1. The van der Waals surface area contributed by atoms with Crippen LogP contribution in [0.5, 0.6) is 0 Å². The van der Waals surface area contributed by atoms with E-state index in [1.54, 1.807) is 0 Å². The van der Waals surface area contributed by atoms with Crippen LogP contribution in [0, 0.1) is 0 Å². The SMILES string of the molecule is O=C(O)C[C@@H](NC(=O)OCC1c2ccccc2-c2ccccc21)c1cccc(C(F)(F)F)c1. The summed E-state index contributed by atoms with van der Waals surface area (Å²) in [6, 6.07) is 18.6. The van der Waals surface area contributed by atoms with Crippen LogP contribution >= 0.6 is 0 Å². The molecule has 0 fully saturated rings. The number of halogens is 3. The van der Waals surface area contributed by atoms with Crippen molar-refractivity contribution in [2.45, 2.75) is 24.6 Å². The highest BCUT2D eigenvalue weighted by Crippen LogP contribution is 2.44. The van der Waals surface area contributed by atoms with Crippen molar-refractivity contribution in [3.05, 3.63) is 95.1 Å². The molecule has 1 aliphatic rings. The molecule has 0 spiro atoms. The number of nitrogens with one attached hydrogen (secondary N) is 1. The quantitative estimate of drug-likeness (QED) is 0.496. The molecule has 0 saturated carbocycles. The molecule has 2 N–H and O–H groups in total. The van der Waals surface area contributed by atoms with E-state index in [-0.39, 0.29) is 18.1 Å². The number of carboxylic acid groups (broad SMARTS) is 1. The predicted molar refractivity (Wildman–Crippen MR) is 115 cm³/mol. The van der Waals surface area contributed by atoms with E-state index in [4.69, 9.17) is 4.74 Å². The van der Waals surface area contributed by atoms with E-state index in [9.17, 15) is 27.9 Å². The van der Waals surface area contributed by atoms with Gasteiger partial charge in [0.2, 0.25) is 0 Å². The Bertz CT molecular complexity index is 1150. The third kappa shape index (κ3) is 4.84. The number of alkyl halides is 3. The van der Waals surface area contributed by atoms with Gasteiger partial charge in [-0.25, -0.2) is 4.79 Å². The van der Waals surface area contributed by atoms with E-state index in [1.807, 2.05) is 48.5 Å². The van der Waals surface area contributed by atoms with Gasteiger partial charge < -0.3 is 15.2 Å². The summed E-state index contributed by atoms with van der Waals surface area (Å²) >= 11 is 0. The minimum absolute atomic E-state index is 0.00222. The Kier molecular flexibility index (Phi) is 6.09. The molecule has 170 valence electrons. The van der Waals surface area contributed by atoms with Crippen molar-refractivity contribution in [3.63, 3.8) is 0 Å². The zero-order valence-corrected chi connectivity index (χ0v) is 17.3. The lowest BCUT2D eigenvalue weighted by Gasteiger charge is -2.20. The van der Waals surface area contributed by atoms with Crippen LogP contribution in [0.2, 0.25) is 0 Å². The van der Waals surface area contributed by atoms with Gasteiger partial charge in [-0.15, -0.1) is 0 Å². The maximum Gasteiger partial charge on any atom is 0.416 e. The Labute approximate surface area is 187 Å². The first-order valence-corrected chi connectivity index (χ1v) is 10.2. The Morgan fingerprint density at radius 2 is 1.55 bits per heavy atom. The van der Waals surface area contributed by atoms with Crippen molar-refractivity contribution in [1.29, 1.82) is 0 Å². The Balaban J connectivity index is 1.50. The average Bonchev–Trinajstić information content (AvgIpc) is 3.10. The molecule has 1 atom stereocenters. The third-order valence-electron chi connectivity index (χ3n) is 5.63. The van der Waals surface area contributed by atoms with Crippen LogP contribution in [0.15, 0.2) is 72.8 Å². The second-order valence-corrected chi connectivity index (χ2v) is 7.74. The minimum atomic E-state index is -4.59. The molecule has 3 aromatic carbocycles. The van der Waals surface area contributed by atoms with E-state index in [0.717, 1.165) is 34.4 Å². The van der Waals surface area contributed by atoms with Crippen LogP contribution in [0.1, 0.15) is 40.6 Å². The molecule has 0 bridgehead atoms. The topological polar surface area (TPSA) is 75.6 Å². The number of carbonyl (C=O) groups excluding carboxylic acids is 1. The fourth-order valence-electron chi connectivity index (χ4n) is 4.14. The summed E-state index contributed by atoms with van der Waals surface area (Å²) in [5.41, 5.74) is 3.22. The molecule has 33 heavy (non-hydrogen) atoms. The molecule has 8 heteroatoms. The molecule has 0 unspecified atom stereocenters. The van der Waals surface area contributed by atoms with Crippen molar-refractivity contribution >= 4 is 12.1 Å². The number of ether oxygens (including phenoxy) is 1. The number of alkyl carbamates (subject to hydrolysis) is 1. The first-order valence-electron chi connectivity index (χ1n) is 10.2. The van der Waals surface area contributed by atoms with Gasteiger partial charge in [0, 0.05) is 5.92 Å². The smallest absolute Gasteiger partial charge is 0.416 e. The standard InChI is InChI=1S/C25H20F3NO4/c26-25(27,28)16-7-5-6-15(12-16)22(13-23(30)31)29-24(32)33-14-21-19-10-3-1-8-17(19)18-9-2-4-11-20(18)21/h1-12,21-22H,13-14H2,(H,29,32)(H,30,31)/t22-/m1/s1. The number of fused-ring (bicyclic) bond motifs is 3. The maximum absolute atomic E-state index is 13.1. The fraction of sp³-hybridized carbons (Fsp3) is 0.200. The van der Waals surface area contributed by atoms with Crippen LogP contribution in [-0.4, -0.2) is 23.8 Å². The number of aliphatic carboxylic acids is 1. The molecule has 0 aromatic heterocycles. The van der Waals surface area contributed by atoms with Gasteiger partial charge in [0.15, 0.2) is 0 Å². The van der Waals surface area contributed by atoms with Gasteiger partial charge in [0.25, 0.3) is 0 Å². The van der Waals surface area contributed by atoms with Crippen molar-refractivity contribution in [2.24, 2.45) is 0 Å². The van der Waals surface area contributed by atoms with Gasteiger partial charge in [-0.2, -0.15) is 13.2 Å². The Morgan fingerprint density at radius 3 is 2.12 bits per heavy atom. The van der Waals surface area contributed by atoms with Crippen LogP contribution in [-0.2, 0) is 15.7 Å². The molecule has 0 saturated heterocycles. The monoisotopic (exact) mass is 455 g/mol. The zero-order valence-electron chi connectivity index (χ0n) is 17.3. The van der Waals surface area contributed by atoms with Crippen LogP contribution in [0.3, 0.4) is 0 Å². The predicted octanol–water partition coefficient (Wildman–Crippen LogP) is 5.76. The highest BCUT2D eigenvalue weighted by molar-refractivity contribution is 5.79. The summed E-state index contributed by atoms with van der Waals surface area (Å²) in [5, 5.41) is 11.6. The van der Waals surface area contributed by atoms with Crippen LogP contribution in [0.4, 0.5) is 18.0 Å². The Hall–Kier alpha value is -3.81. The molecule has 4 rings (SSSR count). The van der Waals surface area contributed by atoms with Gasteiger partial charge in [-0.05, 0) is 39.9 Å². The van der Waals surface area contributed by atoms with Crippen molar-refractivity contribution in [1.82, 2.24) is 5.32 Å². The van der Waals surface area contributed by atoms with Gasteiger partial charge in [-0.3, -0.25) is 4.79 Å².